The summed E-state index contributed by atoms with van der Waals surface area (Å²) in [6.07, 6.45) is 13.2. The molecule has 1 atom stereocenters. The zero-order chi connectivity index (χ0) is 23.8. The van der Waals surface area contributed by atoms with E-state index in [1.165, 1.54) is 57.8 Å². The minimum Gasteiger partial charge on any atom is -0.396 e. The van der Waals surface area contributed by atoms with Crippen molar-refractivity contribution in [3.63, 3.8) is 0 Å². The average molecular weight is 474 g/mol. The summed E-state index contributed by atoms with van der Waals surface area (Å²) in [6.45, 7) is 5.21. The monoisotopic (exact) mass is 473 g/mol. The van der Waals surface area contributed by atoms with E-state index in [1.807, 2.05) is 4.90 Å². The molecule has 9 nitrogen and oxygen atoms in total. The van der Waals surface area contributed by atoms with Gasteiger partial charge in [0.15, 0.2) is 0 Å². The van der Waals surface area contributed by atoms with Gasteiger partial charge in [-0.3, -0.25) is 13.6 Å². The highest BCUT2D eigenvalue weighted by Crippen LogP contribution is 2.10. The lowest BCUT2D eigenvalue weighted by molar-refractivity contribution is 0.0121. The summed E-state index contributed by atoms with van der Waals surface area (Å²) in [5.74, 6) is 0. The SMILES string of the molecule is CCCCCCCCCCCCOCC(O)CN(CCO)CCCO.COS(=O)(=O)O. The molecule has 0 rings (SSSR count). The molecule has 0 bridgehead atoms. The van der Waals surface area contributed by atoms with E-state index in [0.29, 0.717) is 39.3 Å². The van der Waals surface area contributed by atoms with Crippen molar-refractivity contribution < 1.29 is 37.2 Å². The third-order valence-corrected chi connectivity index (χ3v) is 5.10. The maximum absolute atomic E-state index is 10.00. The van der Waals surface area contributed by atoms with E-state index >= 15 is 0 Å². The van der Waals surface area contributed by atoms with Gasteiger partial charge in [0.2, 0.25) is 0 Å². The number of aliphatic hydroxyl groups is 3. The summed E-state index contributed by atoms with van der Waals surface area (Å²) in [6, 6.07) is 0. The molecule has 0 aliphatic heterocycles. The van der Waals surface area contributed by atoms with E-state index in [4.69, 9.17) is 19.5 Å². The Morgan fingerprint density at radius 3 is 1.81 bits per heavy atom. The number of ether oxygens (including phenoxy) is 1. The van der Waals surface area contributed by atoms with Gasteiger partial charge in [-0.05, 0) is 12.8 Å². The summed E-state index contributed by atoms with van der Waals surface area (Å²) in [7, 11) is -3.29. The molecule has 0 aromatic heterocycles. The van der Waals surface area contributed by atoms with Gasteiger partial charge < -0.3 is 20.1 Å². The second kappa shape index (κ2) is 24.3. The molecule has 0 aromatic rings. The molecule has 0 radical (unpaired) electrons. The molecule has 4 N–H and O–H groups in total. The Hall–Kier alpha value is -0.330. The van der Waals surface area contributed by atoms with Crippen molar-refractivity contribution in [2.75, 3.05) is 53.2 Å². The van der Waals surface area contributed by atoms with Crippen LogP contribution in [-0.4, -0.2) is 92.5 Å². The highest BCUT2D eigenvalue weighted by atomic mass is 32.3. The van der Waals surface area contributed by atoms with Gasteiger partial charge in [0.1, 0.15) is 0 Å². The van der Waals surface area contributed by atoms with Crippen molar-refractivity contribution in [3.05, 3.63) is 0 Å². The number of hydrogen-bond acceptors (Lipinski definition) is 8. The Morgan fingerprint density at radius 1 is 0.839 bits per heavy atom. The number of nitrogens with zero attached hydrogens (tertiary/aromatic N) is 1. The van der Waals surface area contributed by atoms with E-state index in [1.54, 1.807) is 0 Å². The molecule has 0 spiro atoms. The van der Waals surface area contributed by atoms with E-state index in [0.717, 1.165) is 13.5 Å². The fourth-order valence-electron chi connectivity index (χ4n) is 2.99. The van der Waals surface area contributed by atoms with Crippen molar-refractivity contribution in [1.82, 2.24) is 4.90 Å². The van der Waals surface area contributed by atoms with Crippen LogP contribution in [0, 0.1) is 0 Å². The highest BCUT2D eigenvalue weighted by molar-refractivity contribution is 7.80. The summed E-state index contributed by atoms with van der Waals surface area (Å²) in [5, 5.41) is 27.9. The van der Waals surface area contributed by atoms with Crippen LogP contribution < -0.4 is 0 Å². The number of unbranched alkanes of at least 4 members (excludes halogenated alkanes) is 9. The van der Waals surface area contributed by atoms with Crippen molar-refractivity contribution in [2.45, 2.75) is 83.7 Å². The van der Waals surface area contributed by atoms with Crippen LogP contribution in [0.25, 0.3) is 0 Å². The van der Waals surface area contributed by atoms with Crippen LogP contribution in [0.1, 0.15) is 77.6 Å². The predicted octanol–water partition coefficient (Wildman–Crippen LogP) is 2.40. The van der Waals surface area contributed by atoms with Gasteiger partial charge in [0, 0.05) is 32.8 Å². The van der Waals surface area contributed by atoms with Crippen LogP contribution in [0.5, 0.6) is 0 Å². The van der Waals surface area contributed by atoms with Gasteiger partial charge in [0.25, 0.3) is 0 Å². The molecule has 1 unspecified atom stereocenters. The third kappa shape index (κ3) is 29.7. The lowest BCUT2D eigenvalue weighted by Gasteiger charge is -2.23. The number of rotatable bonds is 21. The minimum absolute atomic E-state index is 0.0671. The first-order chi connectivity index (χ1) is 14.8. The molecule has 10 heteroatoms. The van der Waals surface area contributed by atoms with Gasteiger partial charge >= 0.3 is 10.4 Å². The van der Waals surface area contributed by atoms with Crippen LogP contribution in [0.4, 0.5) is 0 Å². The van der Waals surface area contributed by atoms with E-state index in [9.17, 15) is 13.5 Å². The highest BCUT2D eigenvalue weighted by Gasteiger charge is 2.11. The first-order valence-electron chi connectivity index (χ1n) is 11.5. The largest absolute Gasteiger partial charge is 0.397 e. The summed E-state index contributed by atoms with van der Waals surface area (Å²) >= 11 is 0. The maximum Gasteiger partial charge on any atom is 0.397 e. The fourth-order valence-corrected chi connectivity index (χ4v) is 2.99. The molecule has 0 saturated carbocycles. The summed E-state index contributed by atoms with van der Waals surface area (Å²) in [5.41, 5.74) is 0. The molecule has 0 heterocycles. The second-order valence-electron chi connectivity index (χ2n) is 7.61. The van der Waals surface area contributed by atoms with Crippen molar-refractivity contribution in [2.24, 2.45) is 0 Å². The van der Waals surface area contributed by atoms with Crippen LogP contribution >= 0.6 is 0 Å². The number of hydrogen-bond donors (Lipinski definition) is 4. The lowest BCUT2D eigenvalue weighted by atomic mass is 10.1. The molecule has 0 amide bonds. The van der Waals surface area contributed by atoms with Crippen molar-refractivity contribution in [1.29, 1.82) is 0 Å². The van der Waals surface area contributed by atoms with Crippen LogP contribution in [0.3, 0.4) is 0 Å². The molecule has 0 saturated heterocycles. The Kier molecular flexibility index (Phi) is 25.8. The molecular weight excluding hydrogens is 426 g/mol. The Morgan fingerprint density at radius 2 is 1.35 bits per heavy atom. The van der Waals surface area contributed by atoms with E-state index < -0.39 is 16.5 Å². The van der Waals surface area contributed by atoms with Crippen LogP contribution in [0.15, 0.2) is 0 Å². The average Bonchev–Trinajstić information content (AvgIpc) is 2.73. The molecule has 0 aliphatic carbocycles. The molecule has 0 aliphatic rings. The topological polar surface area (TPSA) is 137 Å². The quantitative estimate of drug-likeness (QED) is 0.146. The van der Waals surface area contributed by atoms with Crippen molar-refractivity contribution in [3.8, 4) is 0 Å². The first kappa shape index (κ1) is 32.8. The van der Waals surface area contributed by atoms with E-state index in [2.05, 4.69) is 11.1 Å². The van der Waals surface area contributed by atoms with Crippen LogP contribution in [-0.2, 0) is 19.3 Å². The maximum atomic E-state index is 10.00. The number of aliphatic hydroxyl groups excluding tert-OH is 3. The van der Waals surface area contributed by atoms with Gasteiger partial charge in [-0.15, -0.1) is 0 Å². The second-order valence-corrected chi connectivity index (χ2v) is 8.80. The van der Waals surface area contributed by atoms with Gasteiger partial charge in [-0.1, -0.05) is 64.7 Å². The minimum atomic E-state index is -4.16. The Bertz CT molecular complexity index is 451. The van der Waals surface area contributed by atoms with Crippen molar-refractivity contribution >= 4 is 10.4 Å². The third-order valence-electron chi connectivity index (χ3n) is 4.68. The first-order valence-corrected chi connectivity index (χ1v) is 12.9. The predicted molar refractivity (Wildman–Crippen MR) is 122 cm³/mol. The Balaban J connectivity index is 0. The fraction of sp³-hybridized carbons (Fsp3) is 1.00. The molecule has 0 aromatic carbocycles. The molecule has 0 fully saturated rings. The summed E-state index contributed by atoms with van der Waals surface area (Å²) in [4.78, 5) is 1.96. The zero-order valence-corrected chi connectivity index (χ0v) is 20.4. The van der Waals surface area contributed by atoms with Gasteiger partial charge in [-0.25, -0.2) is 0 Å². The Labute approximate surface area is 189 Å². The standard InChI is InChI=1S/C20H43NO4.CH4O4S/c1-2-3-4-5-6-7-8-9-10-11-17-25-19-20(24)18-21(14-16-23)13-12-15-22;1-5-6(2,3)4/h20,22-24H,2-19H2,1H3;1H3,(H,2,3,4). The lowest BCUT2D eigenvalue weighted by Crippen LogP contribution is -2.37. The smallest absolute Gasteiger partial charge is 0.396 e. The summed E-state index contributed by atoms with van der Waals surface area (Å²) < 4.78 is 35.3. The van der Waals surface area contributed by atoms with E-state index in [-0.39, 0.29) is 13.2 Å². The molecule has 31 heavy (non-hydrogen) atoms. The van der Waals surface area contributed by atoms with Gasteiger partial charge in [-0.2, -0.15) is 8.42 Å². The van der Waals surface area contributed by atoms with Crippen LogP contribution in [0.2, 0.25) is 0 Å². The molecule has 190 valence electrons. The normalized spacial score (nSPS) is 12.6. The van der Waals surface area contributed by atoms with Gasteiger partial charge in [0.05, 0.1) is 26.4 Å². The zero-order valence-electron chi connectivity index (χ0n) is 19.6. The molecular formula is C21H47NO8S.